The summed E-state index contributed by atoms with van der Waals surface area (Å²) in [5.41, 5.74) is 2.04. The summed E-state index contributed by atoms with van der Waals surface area (Å²) in [6, 6.07) is 15.1. The summed E-state index contributed by atoms with van der Waals surface area (Å²) < 4.78 is 6.67. The summed E-state index contributed by atoms with van der Waals surface area (Å²) in [5.74, 6) is 0.122. The van der Waals surface area contributed by atoms with Gasteiger partial charge >= 0.3 is 0 Å². The second kappa shape index (κ2) is 12.4. The molecule has 10 heteroatoms. The summed E-state index contributed by atoms with van der Waals surface area (Å²) in [7, 11) is 3.29. The number of carbonyl (C=O) groups is 3. The fourth-order valence-electron chi connectivity index (χ4n) is 4.94. The predicted octanol–water partition coefficient (Wildman–Crippen LogP) is 4.33. The molecule has 39 heavy (non-hydrogen) atoms. The van der Waals surface area contributed by atoms with Gasteiger partial charge in [-0.05, 0) is 68.3 Å². The first kappa shape index (κ1) is 28.9. The molecule has 1 unspecified atom stereocenters. The Kier molecular flexibility index (Phi) is 9.19. The van der Waals surface area contributed by atoms with E-state index in [1.807, 2.05) is 60.9 Å². The van der Waals surface area contributed by atoms with E-state index in [0.717, 1.165) is 20.8 Å². The SMILES string of the molecule is CN[C@@H](C)C(=O)NC1C(=O)N(Cc2c(OC)ccc3c(Br)cccc23)c2ccccc2N(C(=O)CSC)[C@H]1C. The molecule has 1 heterocycles. The number of thioether (sulfide) groups is 1. The Morgan fingerprint density at radius 1 is 1.08 bits per heavy atom. The van der Waals surface area contributed by atoms with Crippen molar-refractivity contribution in [2.75, 3.05) is 36.0 Å². The molecule has 1 aliphatic rings. The molecule has 0 fully saturated rings. The highest BCUT2D eigenvalue weighted by atomic mass is 79.9. The number of carbonyl (C=O) groups excluding carboxylic acids is 3. The molecule has 4 rings (SSSR count). The van der Waals surface area contributed by atoms with Gasteiger partial charge in [0.1, 0.15) is 11.8 Å². The van der Waals surface area contributed by atoms with Crippen LogP contribution in [0.4, 0.5) is 11.4 Å². The number of anilines is 2. The fourth-order valence-corrected chi connectivity index (χ4v) is 5.83. The second-order valence-electron chi connectivity index (χ2n) is 9.43. The zero-order valence-corrected chi connectivity index (χ0v) is 25.1. The van der Waals surface area contributed by atoms with E-state index in [1.54, 1.807) is 37.8 Å². The van der Waals surface area contributed by atoms with Crippen LogP contribution in [0.5, 0.6) is 5.75 Å². The third kappa shape index (κ3) is 5.64. The molecule has 3 aromatic rings. The Hall–Kier alpha value is -3.08. The van der Waals surface area contributed by atoms with Crippen molar-refractivity contribution in [1.29, 1.82) is 0 Å². The number of nitrogens with zero attached hydrogens (tertiary/aromatic N) is 2. The molecule has 1 aliphatic heterocycles. The van der Waals surface area contributed by atoms with Crippen molar-refractivity contribution in [3.8, 4) is 5.75 Å². The van der Waals surface area contributed by atoms with Crippen LogP contribution in [0.25, 0.3) is 10.8 Å². The van der Waals surface area contributed by atoms with Gasteiger partial charge in [-0.25, -0.2) is 0 Å². The third-order valence-corrected chi connectivity index (χ3v) is 8.35. The summed E-state index contributed by atoms with van der Waals surface area (Å²) in [4.78, 5) is 44.2. The zero-order chi connectivity index (χ0) is 28.3. The van der Waals surface area contributed by atoms with Crippen molar-refractivity contribution in [3.05, 3.63) is 64.6 Å². The van der Waals surface area contributed by atoms with Gasteiger partial charge in [-0.3, -0.25) is 14.4 Å². The molecule has 0 radical (unpaired) electrons. The van der Waals surface area contributed by atoms with Crippen molar-refractivity contribution in [3.63, 3.8) is 0 Å². The number of hydrogen-bond donors (Lipinski definition) is 2. The Morgan fingerprint density at radius 3 is 2.46 bits per heavy atom. The molecule has 0 bridgehead atoms. The van der Waals surface area contributed by atoms with Gasteiger partial charge in [-0.1, -0.05) is 40.2 Å². The summed E-state index contributed by atoms with van der Waals surface area (Å²) in [6.07, 6.45) is 1.86. The van der Waals surface area contributed by atoms with Crippen LogP contribution in [0.3, 0.4) is 0 Å². The number of hydrogen-bond acceptors (Lipinski definition) is 6. The number of amides is 3. The van der Waals surface area contributed by atoms with Crippen LogP contribution in [-0.2, 0) is 20.9 Å². The fraction of sp³-hybridized carbons (Fsp3) is 0.345. The van der Waals surface area contributed by atoms with Crippen molar-refractivity contribution < 1.29 is 19.1 Å². The van der Waals surface area contributed by atoms with Gasteiger partial charge < -0.3 is 25.2 Å². The number of likely N-dealkylation sites (N-methyl/N-ethyl adjacent to an activating group) is 1. The minimum absolute atomic E-state index is 0.135. The predicted molar refractivity (Wildman–Crippen MR) is 162 cm³/mol. The van der Waals surface area contributed by atoms with Crippen molar-refractivity contribution in [1.82, 2.24) is 10.6 Å². The molecule has 206 valence electrons. The van der Waals surface area contributed by atoms with Gasteiger partial charge in [-0.2, -0.15) is 11.8 Å². The van der Waals surface area contributed by atoms with Crippen molar-refractivity contribution >= 4 is 67.6 Å². The zero-order valence-electron chi connectivity index (χ0n) is 22.7. The van der Waals surface area contributed by atoms with E-state index in [0.29, 0.717) is 17.1 Å². The average Bonchev–Trinajstić information content (AvgIpc) is 3.01. The monoisotopic (exact) mass is 612 g/mol. The molecule has 3 aromatic carbocycles. The normalized spacial score (nSPS) is 17.9. The van der Waals surface area contributed by atoms with Crippen LogP contribution in [0.15, 0.2) is 59.1 Å². The Morgan fingerprint density at radius 2 is 1.79 bits per heavy atom. The molecule has 0 saturated carbocycles. The third-order valence-electron chi connectivity index (χ3n) is 7.13. The highest BCUT2D eigenvalue weighted by molar-refractivity contribution is 9.10. The van der Waals surface area contributed by atoms with E-state index in [1.165, 1.54) is 11.8 Å². The molecule has 0 saturated heterocycles. The van der Waals surface area contributed by atoms with Crippen molar-refractivity contribution in [2.45, 2.75) is 38.5 Å². The quantitative estimate of drug-likeness (QED) is 0.393. The molecule has 2 N–H and O–H groups in total. The summed E-state index contributed by atoms with van der Waals surface area (Å²) in [5, 5.41) is 7.77. The van der Waals surface area contributed by atoms with Gasteiger partial charge in [0.2, 0.25) is 11.8 Å². The Bertz CT molecular complexity index is 1400. The first-order valence-corrected chi connectivity index (χ1v) is 14.8. The summed E-state index contributed by atoms with van der Waals surface area (Å²) >= 11 is 5.05. The highest BCUT2D eigenvalue weighted by Crippen LogP contribution is 2.39. The standard InChI is InChI=1S/C29H33BrN4O4S/c1-17(31-3)28(36)32-27-18(2)34(26(35)16-39-5)24-12-7-6-11-23(24)33(29(27)37)15-21-19-9-8-10-22(30)20(19)13-14-25(21)38-4/h6-14,17-18,27,31H,15-16H2,1-5H3,(H,32,36)/t17-,18-,27?/m0/s1. The van der Waals surface area contributed by atoms with Crippen LogP contribution < -0.4 is 25.2 Å². The maximum atomic E-state index is 14.4. The average molecular weight is 614 g/mol. The molecular weight excluding hydrogens is 580 g/mol. The number of ether oxygens (including phenoxy) is 1. The maximum Gasteiger partial charge on any atom is 0.252 e. The van der Waals surface area contributed by atoms with Crippen molar-refractivity contribution in [2.24, 2.45) is 0 Å². The van der Waals surface area contributed by atoms with Crippen LogP contribution in [0.1, 0.15) is 19.4 Å². The van der Waals surface area contributed by atoms with Crippen LogP contribution in [0, 0.1) is 0 Å². The number of halogens is 1. The molecule has 0 spiro atoms. The smallest absolute Gasteiger partial charge is 0.252 e. The van der Waals surface area contributed by atoms with Crippen LogP contribution >= 0.6 is 27.7 Å². The van der Waals surface area contributed by atoms with Crippen LogP contribution in [-0.4, -0.2) is 62.0 Å². The molecule has 3 atom stereocenters. The molecule has 0 aliphatic carbocycles. The molecule has 3 amide bonds. The lowest BCUT2D eigenvalue weighted by molar-refractivity contribution is -0.129. The number of benzene rings is 3. The minimum atomic E-state index is -0.973. The van der Waals surface area contributed by atoms with E-state index in [2.05, 4.69) is 26.6 Å². The topological polar surface area (TPSA) is 91.0 Å². The van der Waals surface area contributed by atoms with Gasteiger partial charge in [-0.15, -0.1) is 0 Å². The van der Waals surface area contributed by atoms with Gasteiger partial charge in [0.25, 0.3) is 5.91 Å². The lowest BCUT2D eigenvalue weighted by Crippen LogP contribution is -2.60. The number of rotatable bonds is 8. The number of methoxy groups -OCH3 is 1. The van der Waals surface area contributed by atoms with Gasteiger partial charge in [0.05, 0.1) is 42.9 Å². The number of fused-ring (bicyclic) bond motifs is 2. The molecule has 8 nitrogen and oxygen atoms in total. The van der Waals surface area contributed by atoms with Crippen LogP contribution in [0.2, 0.25) is 0 Å². The lowest BCUT2D eigenvalue weighted by Gasteiger charge is -2.32. The molecular formula is C29H33BrN4O4S. The summed E-state index contributed by atoms with van der Waals surface area (Å²) in [6.45, 7) is 3.71. The van der Waals surface area contributed by atoms with E-state index in [-0.39, 0.29) is 30.0 Å². The Balaban J connectivity index is 1.91. The largest absolute Gasteiger partial charge is 0.496 e. The second-order valence-corrected chi connectivity index (χ2v) is 11.1. The highest BCUT2D eigenvalue weighted by Gasteiger charge is 2.42. The number of para-hydroxylation sites is 2. The lowest BCUT2D eigenvalue weighted by atomic mass is 10.0. The van der Waals surface area contributed by atoms with E-state index >= 15 is 0 Å². The van der Waals surface area contributed by atoms with Gasteiger partial charge in [0, 0.05) is 10.0 Å². The maximum absolute atomic E-state index is 14.4. The van der Waals surface area contributed by atoms with Gasteiger partial charge in [0.15, 0.2) is 0 Å². The number of nitrogens with one attached hydrogen (secondary N) is 2. The van der Waals surface area contributed by atoms with E-state index in [4.69, 9.17) is 4.74 Å². The first-order chi connectivity index (χ1) is 18.7. The van der Waals surface area contributed by atoms with E-state index < -0.39 is 18.1 Å². The first-order valence-electron chi connectivity index (χ1n) is 12.7. The molecule has 0 aromatic heterocycles. The van der Waals surface area contributed by atoms with E-state index in [9.17, 15) is 14.4 Å². The minimum Gasteiger partial charge on any atom is -0.496 e. The Labute approximate surface area is 241 Å².